The summed E-state index contributed by atoms with van der Waals surface area (Å²) in [6.07, 6.45) is 20.8. The standard InChI is InChI=1S/C40H73NO10/c1-3-5-7-9-11-13-15-17-19-21-23-25-27-32(43)35(45)31(30-50-40-38(48)37(47)36(46)34(29-42)51-40)41-39(49)33(44)28-26-24-22-20-18-16-14-12-10-8-6-4-2/h3,5,11,13,19,21,31-38,40,42-48H,4,6-10,12,14-18,20,22-30H2,1-2H3,(H,41,49)/b5-3+,13-11+,21-19+. The quantitative estimate of drug-likeness (QED) is 0.0361. The number of hydrogen-bond acceptors (Lipinski definition) is 10. The highest BCUT2D eigenvalue weighted by atomic mass is 16.7. The maximum atomic E-state index is 13.0. The van der Waals surface area contributed by atoms with Crippen LogP contribution in [-0.4, -0.2) is 110 Å². The van der Waals surface area contributed by atoms with Crippen molar-refractivity contribution in [3.05, 3.63) is 36.5 Å². The molecule has 11 nitrogen and oxygen atoms in total. The Hall–Kier alpha value is -1.67. The van der Waals surface area contributed by atoms with Gasteiger partial charge in [-0.2, -0.15) is 0 Å². The molecule has 1 aliphatic heterocycles. The largest absolute Gasteiger partial charge is 0.394 e. The lowest BCUT2D eigenvalue weighted by Gasteiger charge is -2.40. The molecule has 1 aliphatic rings. The highest BCUT2D eigenvalue weighted by Crippen LogP contribution is 2.23. The molecule has 0 spiro atoms. The lowest BCUT2D eigenvalue weighted by atomic mass is 9.98. The molecular formula is C40H73NO10. The second kappa shape index (κ2) is 30.8. The van der Waals surface area contributed by atoms with Crippen LogP contribution in [0.15, 0.2) is 36.5 Å². The van der Waals surface area contributed by atoms with E-state index in [9.17, 15) is 40.5 Å². The summed E-state index contributed by atoms with van der Waals surface area (Å²) in [5.74, 6) is -0.717. The highest BCUT2D eigenvalue weighted by Gasteiger charge is 2.44. The van der Waals surface area contributed by atoms with Crippen molar-refractivity contribution in [3.63, 3.8) is 0 Å². The second-order valence-electron chi connectivity index (χ2n) is 14.0. The molecule has 11 heteroatoms. The first kappa shape index (κ1) is 47.4. The molecule has 0 aromatic carbocycles. The lowest BCUT2D eigenvalue weighted by Crippen LogP contribution is -2.60. The number of allylic oxidation sites excluding steroid dienone is 6. The van der Waals surface area contributed by atoms with E-state index in [-0.39, 0.29) is 12.8 Å². The molecule has 1 heterocycles. The van der Waals surface area contributed by atoms with Gasteiger partial charge in [0.05, 0.1) is 25.4 Å². The van der Waals surface area contributed by atoms with Gasteiger partial charge in [0.25, 0.3) is 0 Å². The Morgan fingerprint density at radius 3 is 1.78 bits per heavy atom. The minimum atomic E-state index is -1.67. The maximum absolute atomic E-state index is 13.0. The number of amides is 1. The van der Waals surface area contributed by atoms with E-state index in [4.69, 9.17) is 9.47 Å². The van der Waals surface area contributed by atoms with Crippen molar-refractivity contribution in [2.75, 3.05) is 13.2 Å². The van der Waals surface area contributed by atoms with Gasteiger partial charge in [0, 0.05) is 0 Å². The van der Waals surface area contributed by atoms with E-state index in [1.54, 1.807) is 0 Å². The predicted octanol–water partition coefficient (Wildman–Crippen LogP) is 4.88. The van der Waals surface area contributed by atoms with Crippen LogP contribution in [-0.2, 0) is 14.3 Å². The van der Waals surface area contributed by atoms with E-state index in [0.717, 1.165) is 44.9 Å². The number of carbonyl (C=O) groups is 1. The zero-order valence-corrected chi connectivity index (χ0v) is 31.6. The summed E-state index contributed by atoms with van der Waals surface area (Å²) in [7, 11) is 0. The topological polar surface area (TPSA) is 189 Å². The van der Waals surface area contributed by atoms with Crippen molar-refractivity contribution in [2.45, 2.75) is 197 Å². The molecule has 0 aliphatic carbocycles. The monoisotopic (exact) mass is 728 g/mol. The molecule has 8 N–H and O–H groups in total. The normalized spacial score (nSPS) is 23.7. The molecule has 1 saturated heterocycles. The van der Waals surface area contributed by atoms with Crippen molar-refractivity contribution in [1.29, 1.82) is 0 Å². The van der Waals surface area contributed by atoms with Gasteiger partial charge in [0.15, 0.2) is 6.29 Å². The minimum Gasteiger partial charge on any atom is -0.394 e. The van der Waals surface area contributed by atoms with Gasteiger partial charge in [-0.1, -0.05) is 120 Å². The lowest BCUT2D eigenvalue weighted by molar-refractivity contribution is -0.303. The van der Waals surface area contributed by atoms with Gasteiger partial charge < -0.3 is 50.5 Å². The summed E-state index contributed by atoms with van der Waals surface area (Å²) in [6.45, 7) is 3.15. The third-order valence-electron chi connectivity index (χ3n) is 9.50. The fraction of sp³-hybridized carbons (Fsp3) is 0.825. The van der Waals surface area contributed by atoms with Crippen molar-refractivity contribution in [3.8, 4) is 0 Å². The van der Waals surface area contributed by atoms with Crippen molar-refractivity contribution < 1.29 is 50.0 Å². The van der Waals surface area contributed by atoms with Crippen LogP contribution in [0, 0.1) is 0 Å². The molecule has 0 saturated carbocycles. The Morgan fingerprint density at radius 2 is 1.24 bits per heavy atom. The molecular weight excluding hydrogens is 654 g/mol. The van der Waals surface area contributed by atoms with E-state index < -0.39 is 74.2 Å². The first-order chi connectivity index (χ1) is 24.7. The average molecular weight is 728 g/mol. The van der Waals surface area contributed by atoms with Crippen LogP contribution in [0.1, 0.15) is 142 Å². The molecule has 0 aromatic heterocycles. The number of aliphatic hydroxyl groups is 7. The molecule has 51 heavy (non-hydrogen) atoms. The fourth-order valence-electron chi connectivity index (χ4n) is 6.12. The maximum Gasteiger partial charge on any atom is 0.249 e. The van der Waals surface area contributed by atoms with Gasteiger partial charge in [0.2, 0.25) is 5.91 Å². The number of rotatable bonds is 31. The van der Waals surface area contributed by atoms with Crippen molar-refractivity contribution in [2.24, 2.45) is 0 Å². The number of ether oxygens (including phenoxy) is 2. The van der Waals surface area contributed by atoms with Gasteiger partial charge in [-0.25, -0.2) is 0 Å². The van der Waals surface area contributed by atoms with Crippen LogP contribution >= 0.6 is 0 Å². The van der Waals surface area contributed by atoms with Crippen LogP contribution in [0.2, 0.25) is 0 Å². The van der Waals surface area contributed by atoms with Crippen LogP contribution in [0.4, 0.5) is 0 Å². The number of carbonyl (C=O) groups excluding carboxylic acids is 1. The number of nitrogens with one attached hydrogen (secondary N) is 1. The first-order valence-electron chi connectivity index (χ1n) is 19.9. The summed E-state index contributed by atoms with van der Waals surface area (Å²) in [5, 5.41) is 75.2. The highest BCUT2D eigenvalue weighted by molar-refractivity contribution is 5.80. The molecule has 1 fully saturated rings. The summed E-state index contributed by atoms with van der Waals surface area (Å²) < 4.78 is 11.0. The molecule has 298 valence electrons. The van der Waals surface area contributed by atoms with Crippen LogP contribution < -0.4 is 5.32 Å². The van der Waals surface area contributed by atoms with Gasteiger partial charge in [-0.05, 0) is 58.3 Å². The molecule has 9 unspecified atom stereocenters. The van der Waals surface area contributed by atoms with E-state index in [2.05, 4.69) is 36.5 Å². The molecule has 1 amide bonds. The summed E-state index contributed by atoms with van der Waals surface area (Å²) in [6, 6.07) is -1.19. The van der Waals surface area contributed by atoms with Crippen molar-refractivity contribution >= 4 is 5.91 Å². The fourth-order valence-corrected chi connectivity index (χ4v) is 6.12. The number of hydrogen-bond donors (Lipinski definition) is 8. The van der Waals surface area contributed by atoms with Gasteiger partial charge in [-0.3, -0.25) is 4.79 Å². The van der Waals surface area contributed by atoms with Crippen LogP contribution in [0.25, 0.3) is 0 Å². The van der Waals surface area contributed by atoms with E-state index in [0.29, 0.717) is 19.3 Å². The molecule has 9 atom stereocenters. The van der Waals surface area contributed by atoms with E-state index in [1.807, 2.05) is 19.1 Å². The molecule has 0 bridgehead atoms. The Bertz CT molecular complexity index is 929. The average Bonchev–Trinajstić information content (AvgIpc) is 3.13. The van der Waals surface area contributed by atoms with Gasteiger partial charge in [0.1, 0.15) is 36.6 Å². The number of unbranched alkanes of at least 4 members (excludes halogenated alkanes) is 14. The van der Waals surface area contributed by atoms with Crippen LogP contribution in [0.3, 0.4) is 0 Å². The molecule has 1 rings (SSSR count). The van der Waals surface area contributed by atoms with Crippen LogP contribution in [0.5, 0.6) is 0 Å². The minimum absolute atomic E-state index is 0.240. The third kappa shape index (κ3) is 21.6. The smallest absolute Gasteiger partial charge is 0.249 e. The number of aliphatic hydroxyl groups excluding tert-OH is 7. The summed E-state index contributed by atoms with van der Waals surface area (Å²) in [4.78, 5) is 13.0. The Morgan fingerprint density at radius 1 is 0.706 bits per heavy atom. The van der Waals surface area contributed by atoms with Crippen molar-refractivity contribution in [1.82, 2.24) is 5.32 Å². The summed E-state index contributed by atoms with van der Waals surface area (Å²) >= 11 is 0. The second-order valence-corrected chi connectivity index (χ2v) is 14.0. The SMILES string of the molecule is C/C=C/CC/C=C/CC/C=C/CCCC(O)C(O)C(COC1OC(CO)C(O)C(O)C1O)NC(=O)C(O)CCCCCCCCCCCCCC. The zero-order valence-electron chi connectivity index (χ0n) is 31.6. The summed E-state index contributed by atoms with van der Waals surface area (Å²) in [5.41, 5.74) is 0. The zero-order chi connectivity index (χ0) is 37.7. The Labute approximate surface area is 307 Å². The predicted molar refractivity (Wildman–Crippen MR) is 201 cm³/mol. The Kier molecular flexibility index (Phi) is 28.6. The molecule has 0 radical (unpaired) electrons. The molecule has 0 aromatic rings. The van der Waals surface area contributed by atoms with E-state index >= 15 is 0 Å². The first-order valence-corrected chi connectivity index (χ1v) is 19.9. The van der Waals surface area contributed by atoms with Gasteiger partial charge >= 0.3 is 0 Å². The third-order valence-corrected chi connectivity index (χ3v) is 9.50. The van der Waals surface area contributed by atoms with E-state index in [1.165, 1.54) is 51.4 Å². The van der Waals surface area contributed by atoms with Gasteiger partial charge in [-0.15, -0.1) is 0 Å². The Balaban J connectivity index is 2.59.